The van der Waals surface area contributed by atoms with Crippen LogP contribution in [0.3, 0.4) is 0 Å². The molecule has 7 heteroatoms. The fourth-order valence-corrected chi connectivity index (χ4v) is 2.63. The van der Waals surface area contributed by atoms with Crippen molar-refractivity contribution in [3.05, 3.63) is 46.4 Å². The number of hydrazone groups is 1. The Labute approximate surface area is 134 Å². The first-order chi connectivity index (χ1) is 10.8. The first kappa shape index (κ1) is 13.1. The average molecular weight is 359 g/mol. The fourth-order valence-electron chi connectivity index (χ4n) is 2.20. The Balaban J connectivity index is 1.54. The minimum absolute atomic E-state index is 0.250. The average Bonchev–Trinajstić information content (AvgIpc) is 3.12. The van der Waals surface area contributed by atoms with Crippen molar-refractivity contribution < 1.29 is 9.47 Å². The van der Waals surface area contributed by atoms with Crippen molar-refractivity contribution in [1.29, 1.82) is 0 Å². The van der Waals surface area contributed by atoms with Crippen LogP contribution in [0.1, 0.15) is 5.56 Å². The van der Waals surface area contributed by atoms with Crippen LogP contribution in [0.4, 0.5) is 5.95 Å². The smallest absolute Gasteiger partial charge is 0.231 e. The second kappa shape index (κ2) is 5.34. The van der Waals surface area contributed by atoms with E-state index in [-0.39, 0.29) is 6.79 Å². The number of halogens is 1. The van der Waals surface area contributed by atoms with Gasteiger partial charge in [0.05, 0.1) is 17.2 Å². The molecule has 0 amide bonds. The summed E-state index contributed by atoms with van der Waals surface area (Å²) in [6.45, 7) is 0.250. The van der Waals surface area contributed by atoms with E-state index in [1.54, 1.807) is 6.21 Å². The van der Waals surface area contributed by atoms with E-state index >= 15 is 0 Å². The summed E-state index contributed by atoms with van der Waals surface area (Å²) in [5.74, 6) is 2.04. The van der Waals surface area contributed by atoms with Crippen molar-refractivity contribution in [2.75, 3.05) is 12.2 Å². The van der Waals surface area contributed by atoms with Crippen molar-refractivity contribution in [1.82, 2.24) is 9.97 Å². The van der Waals surface area contributed by atoms with Gasteiger partial charge in [0.15, 0.2) is 11.5 Å². The highest BCUT2D eigenvalue weighted by Crippen LogP contribution is 2.36. The Bertz CT molecular complexity index is 842. The lowest BCUT2D eigenvalue weighted by Crippen LogP contribution is -1.93. The maximum absolute atomic E-state index is 5.35. The fraction of sp³-hybridized carbons (Fsp3) is 0.0667. The molecule has 0 aliphatic carbocycles. The molecular weight excluding hydrogens is 348 g/mol. The summed E-state index contributed by atoms with van der Waals surface area (Å²) in [7, 11) is 0. The number of para-hydroxylation sites is 2. The highest BCUT2D eigenvalue weighted by molar-refractivity contribution is 9.10. The number of imidazole rings is 1. The van der Waals surface area contributed by atoms with E-state index in [9.17, 15) is 0 Å². The molecule has 0 unspecified atom stereocenters. The van der Waals surface area contributed by atoms with E-state index in [1.165, 1.54) is 0 Å². The Morgan fingerprint density at radius 3 is 2.91 bits per heavy atom. The van der Waals surface area contributed by atoms with Gasteiger partial charge >= 0.3 is 0 Å². The molecule has 22 heavy (non-hydrogen) atoms. The van der Waals surface area contributed by atoms with Gasteiger partial charge in [0, 0.05) is 10.0 Å². The third-order valence-corrected chi connectivity index (χ3v) is 3.94. The van der Waals surface area contributed by atoms with Crippen LogP contribution in [0.2, 0.25) is 0 Å². The van der Waals surface area contributed by atoms with Crippen LogP contribution in [-0.2, 0) is 0 Å². The molecule has 1 aliphatic heterocycles. The molecule has 2 aromatic carbocycles. The van der Waals surface area contributed by atoms with Gasteiger partial charge in [-0.25, -0.2) is 10.4 Å². The van der Waals surface area contributed by atoms with Gasteiger partial charge in [-0.15, -0.1) is 0 Å². The summed E-state index contributed by atoms with van der Waals surface area (Å²) < 4.78 is 11.6. The number of rotatable bonds is 3. The molecule has 1 aromatic heterocycles. The summed E-state index contributed by atoms with van der Waals surface area (Å²) in [5.41, 5.74) is 5.63. The van der Waals surface area contributed by atoms with Crippen LogP contribution < -0.4 is 14.9 Å². The molecule has 2 N–H and O–H groups in total. The lowest BCUT2D eigenvalue weighted by Gasteiger charge is -2.01. The molecule has 0 bridgehead atoms. The van der Waals surface area contributed by atoms with E-state index in [2.05, 4.69) is 36.4 Å². The van der Waals surface area contributed by atoms with Crippen LogP contribution in [0.25, 0.3) is 11.0 Å². The normalized spacial score (nSPS) is 13.1. The maximum atomic E-state index is 5.35. The van der Waals surface area contributed by atoms with Crippen molar-refractivity contribution >= 4 is 39.1 Å². The number of aromatic nitrogens is 2. The van der Waals surface area contributed by atoms with Gasteiger partial charge in [-0.3, -0.25) is 0 Å². The molecule has 6 nitrogen and oxygen atoms in total. The first-order valence-corrected chi connectivity index (χ1v) is 7.42. The number of nitrogens with zero attached hydrogens (tertiary/aromatic N) is 2. The quantitative estimate of drug-likeness (QED) is 0.555. The lowest BCUT2D eigenvalue weighted by molar-refractivity contribution is 0.174. The van der Waals surface area contributed by atoms with Crippen molar-refractivity contribution in [3.8, 4) is 11.5 Å². The van der Waals surface area contributed by atoms with Gasteiger partial charge in [-0.05, 0) is 40.2 Å². The Kier molecular flexibility index (Phi) is 3.19. The van der Waals surface area contributed by atoms with Crippen LogP contribution in [0, 0.1) is 0 Å². The Hall–Kier alpha value is -2.54. The molecule has 110 valence electrons. The van der Waals surface area contributed by atoms with E-state index in [0.717, 1.165) is 26.8 Å². The second-order valence-electron chi connectivity index (χ2n) is 4.70. The summed E-state index contributed by atoms with van der Waals surface area (Å²) in [4.78, 5) is 7.53. The van der Waals surface area contributed by atoms with Gasteiger partial charge in [0.25, 0.3) is 0 Å². The van der Waals surface area contributed by atoms with Gasteiger partial charge < -0.3 is 14.5 Å². The minimum atomic E-state index is 0.250. The molecule has 4 rings (SSSR count). The molecule has 0 spiro atoms. The van der Waals surface area contributed by atoms with E-state index in [1.807, 2.05) is 36.4 Å². The molecule has 3 aromatic rings. The highest BCUT2D eigenvalue weighted by Gasteiger charge is 2.15. The van der Waals surface area contributed by atoms with Crippen molar-refractivity contribution in [2.24, 2.45) is 5.10 Å². The molecular formula is C15H11BrN4O2. The number of H-pyrrole nitrogens is 1. The van der Waals surface area contributed by atoms with Gasteiger partial charge in [-0.2, -0.15) is 5.10 Å². The maximum Gasteiger partial charge on any atom is 0.231 e. The van der Waals surface area contributed by atoms with E-state index in [0.29, 0.717) is 11.7 Å². The SMILES string of the molecule is Brc1cc2c(cc1/C=N\Nc1nc3ccccc3[nH]1)OCO2. The van der Waals surface area contributed by atoms with Crippen molar-refractivity contribution in [2.45, 2.75) is 0 Å². The predicted octanol–water partition coefficient (Wildman–Crippen LogP) is 3.50. The number of anilines is 1. The predicted molar refractivity (Wildman–Crippen MR) is 87.6 cm³/mol. The van der Waals surface area contributed by atoms with Crippen LogP contribution in [-0.4, -0.2) is 23.0 Å². The van der Waals surface area contributed by atoms with Crippen LogP contribution in [0.5, 0.6) is 11.5 Å². The zero-order valence-electron chi connectivity index (χ0n) is 11.3. The Morgan fingerprint density at radius 2 is 2.05 bits per heavy atom. The number of ether oxygens (including phenoxy) is 2. The van der Waals surface area contributed by atoms with E-state index < -0.39 is 0 Å². The summed E-state index contributed by atoms with van der Waals surface area (Å²) >= 11 is 3.49. The van der Waals surface area contributed by atoms with Gasteiger partial charge in [0.2, 0.25) is 12.7 Å². The molecule has 0 saturated heterocycles. The number of hydrogen-bond acceptors (Lipinski definition) is 5. The van der Waals surface area contributed by atoms with Gasteiger partial charge in [-0.1, -0.05) is 12.1 Å². The monoisotopic (exact) mass is 358 g/mol. The first-order valence-electron chi connectivity index (χ1n) is 6.62. The van der Waals surface area contributed by atoms with Gasteiger partial charge in [0.1, 0.15) is 0 Å². The number of fused-ring (bicyclic) bond motifs is 2. The number of hydrogen-bond donors (Lipinski definition) is 2. The molecule has 0 fully saturated rings. The lowest BCUT2D eigenvalue weighted by atomic mass is 10.2. The standard InChI is InChI=1S/C15H11BrN4O2/c16-10-6-14-13(21-8-22-14)5-9(10)7-17-20-15-18-11-3-1-2-4-12(11)19-15/h1-7H,8H2,(H2,18,19,20)/b17-7-. The molecule has 1 aliphatic rings. The Morgan fingerprint density at radius 1 is 1.23 bits per heavy atom. The van der Waals surface area contributed by atoms with Crippen molar-refractivity contribution in [3.63, 3.8) is 0 Å². The molecule has 0 saturated carbocycles. The topological polar surface area (TPSA) is 71.5 Å². The summed E-state index contributed by atoms with van der Waals surface area (Å²) in [6.07, 6.45) is 1.69. The third-order valence-electron chi connectivity index (χ3n) is 3.26. The largest absolute Gasteiger partial charge is 0.454 e. The highest BCUT2D eigenvalue weighted by atomic mass is 79.9. The number of nitrogens with one attached hydrogen (secondary N) is 2. The third kappa shape index (κ3) is 2.39. The zero-order chi connectivity index (χ0) is 14.9. The van der Waals surface area contributed by atoms with E-state index in [4.69, 9.17) is 9.47 Å². The minimum Gasteiger partial charge on any atom is -0.454 e. The molecule has 0 radical (unpaired) electrons. The number of aromatic amines is 1. The number of benzene rings is 2. The van der Waals surface area contributed by atoms with Crippen LogP contribution >= 0.6 is 15.9 Å². The second-order valence-corrected chi connectivity index (χ2v) is 5.55. The summed E-state index contributed by atoms with van der Waals surface area (Å²) in [5, 5.41) is 4.20. The zero-order valence-corrected chi connectivity index (χ0v) is 12.9. The summed E-state index contributed by atoms with van der Waals surface area (Å²) in [6, 6.07) is 11.5. The molecule has 0 atom stereocenters. The molecule has 2 heterocycles. The van der Waals surface area contributed by atoms with Crippen LogP contribution in [0.15, 0.2) is 46.0 Å².